The number of ether oxygens (including phenoxy) is 2. The van der Waals surface area contributed by atoms with E-state index in [1.807, 2.05) is 38.2 Å². The second kappa shape index (κ2) is 7.48. The Kier molecular flexibility index (Phi) is 5.06. The molecule has 144 valence electrons. The van der Waals surface area contributed by atoms with Gasteiger partial charge in [0.2, 0.25) is 5.91 Å². The lowest BCUT2D eigenvalue weighted by molar-refractivity contribution is -0.120. The topological polar surface area (TPSA) is 72.5 Å². The second-order valence-electron chi connectivity index (χ2n) is 7.53. The molecule has 1 aromatic heterocycles. The Morgan fingerprint density at radius 2 is 1.96 bits per heavy atom. The molecule has 27 heavy (non-hydrogen) atoms. The summed E-state index contributed by atoms with van der Waals surface area (Å²) in [6.07, 6.45) is 4.16. The van der Waals surface area contributed by atoms with Crippen molar-refractivity contribution in [2.45, 2.75) is 38.0 Å². The van der Waals surface area contributed by atoms with E-state index in [2.05, 4.69) is 15.6 Å². The van der Waals surface area contributed by atoms with Gasteiger partial charge in [0, 0.05) is 11.1 Å². The van der Waals surface area contributed by atoms with Gasteiger partial charge in [-0.05, 0) is 63.4 Å². The van der Waals surface area contributed by atoms with E-state index in [9.17, 15) is 4.79 Å². The number of aromatic nitrogens is 1. The first-order chi connectivity index (χ1) is 13.0. The van der Waals surface area contributed by atoms with E-state index in [1.54, 1.807) is 11.3 Å². The normalized spacial score (nSPS) is 17.6. The van der Waals surface area contributed by atoms with Crippen LogP contribution in [0.2, 0.25) is 0 Å². The zero-order chi connectivity index (χ0) is 18.9. The number of nitrogens with zero attached hydrogens (tertiary/aromatic N) is 1. The number of hydrogen-bond donors (Lipinski definition) is 2. The van der Waals surface area contributed by atoms with E-state index in [4.69, 9.17) is 9.47 Å². The number of hydrogen-bond acceptors (Lipinski definition) is 6. The summed E-state index contributed by atoms with van der Waals surface area (Å²) in [7, 11) is 0. The molecule has 2 aliphatic rings. The molecule has 1 saturated heterocycles. The van der Waals surface area contributed by atoms with Crippen LogP contribution in [-0.4, -0.2) is 37.2 Å². The Balaban J connectivity index is 1.47. The van der Waals surface area contributed by atoms with Crippen molar-refractivity contribution in [3.05, 3.63) is 34.8 Å². The van der Waals surface area contributed by atoms with Crippen molar-refractivity contribution in [3.8, 4) is 11.5 Å². The Hall–Kier alpha value is -2.12. The van der Waals surface area contributed by atoms with Crippen LogP contribution in [0.5, 0.6) is 11.5 Å². The predicted octanol–water partition coefficient (Wildman–Crippen LogP) is 3.30. The molecule has 0 spiro atoms. The highest BCUT2D eigenvalue weighted by molar-refractivity contribution is 7.15. The monoisotopic (exact) mass is 387 g/mol. The van der Waals surface area contributed by atoms with Gasteiger partial charge >= 0.3 is 0 Å². The molecule has 2 aliphatic heterocycles. The van der Waals surface area contributed by atoms with Crippen molar-refractivity contribution in [2.75, 3.05) is 31.6 Å². The summed E-state index contributed by atoms with van der Waals surface area (Å²) < 4.78 is 11.2. The summed E-state index contributed by atoms with van der Waals surface area (Å²) in [6, 6.07) is 5.70. The van der Waals surface area contributed by atoms with Crippen LogP contribution in [0.4, 0.5) is 5.13 Å². The lowest BCUT2D eigenvalue weighted by Crippen LogP contribution is -2.34. The molecule has 1 fully saturated rings. The number of thiazole rings is 1. The number of anilines is 1. The first-order valence-corrected chi connectivity index (χ1v) is 10.2. The summed E-state index contributed by atoms with van der Waals surface area (Å²) in [4.78, 5) is 18.6. The van der Waals surface area contributed by atoms with Gasteiger partial charge in [0.1, 0.15) is 13.2 Å². The van der Waals surface area contributed by atoms with E-state index in [0.29, 0.717) is 30.0 Å². The van der Waals surface area contributed by atoms with Crippen LogP contribution in [-0.2, 0) is 10.2 Å². The zero-order valence-corrected chi connectivity index (χ0v) is 16.5. The van der Waals surface area contributed by atoms with Gasteiger partial charge in [-0.3, -0.25) is 4.79 Å². The minimum absolute atomic E-state index is 0.0783. The Bertz CT molecular complexity index is 828. The van der Waals surface area contributed by atoms with E-state index < -0.39 is 5.41 Å². The molecule has 0 aliphatic carbocycles. The molecule has 6 nitrogen and oxygen atoms in total. The maximum Gasteiger partial charge on any atom is 0.236 e. The predicted molar refractivity (Wildman–Crippen MR) is 106 cm³/mol. The number of nitrogens with one attached hydrogen (secondary N) is 2. The minimum Gasteiger partial charge on any atom is -0.486 e. The molecule has 1 amide bonds. The van der Waals surface area contributed by atoms with Gasteiger partial charge in [0.05, 0.1) is 5.41 Å². The Labute approximate surface area is 163 Å². The third-order valence-corrected chi connectivity index (χ3v) is 6.39. The zero-order valence-electron chi connectivity index (χ0n) is 15.7. The largest absolute Gasteiger partial charge is 0.486 e. The average molecular weight is 388 g/mol. The lowest BCUT2D eigenvalue weighted by Gasteiger charge is -2.26. The highest BCUT2D eigenvalue weighted by atomic mass is 32.1. The molecule has 7 heteroatoms. The van der Waals surface area contributed by atoms with Crippen LogP contribution in [0.3, 0.4) is 0 Å². The van der Waals surface area contributed by atoms with Crippen molar-refractivity contribution >= 4 is 22.4 Å². The van der Waals surface area contributed by atoms with Crippen molar-refractivity contribution in [1.82, 2.24) is 10.3 Å². The molecule has 0 unspecified atom stereocenters. The molecule has 4 rings (SSSR count). The van der Waals surface area contributed by atoms with Crippen LogP contribution in [0.25, 0.3) is 0 Å². The smallest absolute Gasteiger partial charge is 0.236 e. The number of amides is 1. The van der Waals surface area contributed by atoms with Gasteiger partial charge in [0.15, 0.2) is 16.6 Å². The summed E-state index contributed by atoms with van der Waals surface area (Å²) >= 11 is 1.59. The third-order valence-electron chi connectivity index (χ3n) is 5.32. The Morgan fingerprint density at radius 3 is 2.74 bits per heavy atom. The van der Waals surface area contributed by atoms with Gasteiger partial charge in [-0.15, -0.1) is 11.3 Å². The van der Waals surface area contributed by atoms with Gasteiger partial charge in [0.25, 0.3) is 0 Å². The molecule has 0 saturated carbocycles. The van der Waals surface area contributed by atoms with E-state index in [1.165, 1.54) is 4.88 Å². The Morgan fingerprint density at radius 1 is 1.22 bits per heavy atom. The fourth-order valence-electron chi connectivity index (χ4n) is 3.46. The van der Waals surface area contributed by atoms with Gasteiger partial charge in [-0.1, -0.05) is 6.07 Å². The number of rotatable bonds is 4. The molecule has 0 atom stereocenters. The van der Waals surface area contributed by atoms with E-state index in [-0.39, 0.29) is 5.91 Å². The van der Waals surface area contributed by atoms with Crippen LogP contribution in [0.15, 0.2) is 24.4 Å². The fourth-order valence-corrected chi connectivity index (χ4v) is 4.44. The summed E-state index contributed by atoms with van der Waals surface area (Å²) in [5.74, 6) is 1.89. The van der Waals surface area contributed by atoms with E-state index in [0.717, 1.165) is 37.2 Å². The molecule has 0 radical (unpaired) electrons. The maximum absolute atomic E-state index is 13.0. The van der Waals surface area contributed by atoms with Crippen LogP contribution >= 0.6 is 11.3 Å². The molecule has 2 N–H and O–H groups in total. The van der Waals surface area contributed by atoms with Gasteiger partial charge in [-0.25, -0.2) is 4.98 Å². The first-order valence-electron chi connectivity index (χ1n) is 9.42. The summed E-state index contributed by atoms with van der Waals surface area (Å²) in [5.41, 5.74) is 0.176. The van der Waals surface area contributed by atoms with Gasteiger partial charge in [-0.2, -0.15) is 0 Å². The fraction of sp³-hybridized carbons (Fsp3) is 0.500. The minimum atomic E-state index is -0.712. The number of benzene rings is 1. The van der Waals surface area contributed by atoms with Crippen LogP contribution in [0.1, 0.15) is 43.0 Å². The molecule has 3 heterocycles. The quantitative estimate of drug-likeness (QED) is 0.842. The molecular weight excluding hydrogens is 362 g/mol. The summed E-state index contributed by atoms with van der Waals surface area (Å²) in [6.45, 7) is 6.99. The van der Waals surface area contributed by atoms with Crippen LogP contribution < -0.4 is 20.1 Å². The van der Waals surface area contributed by atoms with E-state index >= 15 is 0 Å². The highest BCUT2D eigenvalue weighted by Crippen LogP contribution is 2.36. The highest BCUT2D eigenvalue weighted by Gasteiger charge is 2.32. The summed E-state index contributed by atoms with van der Waals surface area (Å²) in [5, 5.41) is 7.05. The number of carbonyl (C=O) groups is 1. The standard InChI is InChI=1S/C20H25N3O3S/c1-20(2,14-3-4-15-16(11-14)26-10-9-25-15)18(24)23-19-22-12-17(27-19)13-5-7-21-8-6-13/h3-4,11-13,21H,5-10H2,1-2H3,(H,22,23,24). The van der Waals surface area contributed by atoms with Crippen molar-refractivity contribution in [1.29, 1.82) is 0 Å². The molecule has 2 aromatic rings. The van der Waals surface area contributed by atoms with Crippen LogP contribution in [0, 0.1) is 0 Å². The first kappa shape index (κ1) is 18.3. The maximum atomic E-state index is 13.0. The second-order valence-corrected chi connectivity index (χ2v) is 8.59. The van der Waals surface area contributed by atoms with Crippen molar-refractivity contribution in [2.24, 2.45) is 0 Å². The SMILES string of the molecule is CC(C)(C(=O)Nc1ncc(C2CCNCC2)s1)c1ccc2c(c1)OCCO2. The lowest BCUT2D eigenvalue weighted by atomic mass is 9.83. The number of carbonyl (C=O) groups excluding carboxylic acids is 1. The third kappa shape index (κ3) is 3.80. The number of fused-ring (bicyclic) bond motifs is 1. The molecular formula is C20H25N3O3S. The van der Waals surface area contributed by atoms with Crippen molar-refractivity contribution < 1.29 is 14.3 Å². The molecule has 0 bridgehead atoms. The van der Waals surface area contributed by atoms with Crippen molar-refractivity contribution in [3.63, 3.8) is 0 Å². The number of piperidine rings is 1. The molecule has 1 aromatic carbocycles. The van der Waals surface area contributed by atoms with Gasteiger partial charge < -0.3 is 20.1 Å². The average Bonchev–Trinajstić information content (AvgIpc) is 3.16.